The van der Waals surface area contributed by atoms with Crippen LogP contribution in [0, 0.1) is 5.92 Å². The Morgan fingerprint density at radius 3 is 2.53 bits per heavy atom. The average Bonchev–Trinajstić information content (AvgIpc) is 2.26. The van der Waals surface area contributed by atoms with E-state index in [1.54, 1.807) is 0 Å². The van der Waals surface area contributed by atoms with E-state index in [1.165, 1.54) is 0 Å². The molecule has 0 radical (unpaired) electrons. The maximum absolute atomic E-state index is 12.2. The highest BCUT2D eigenvalue weighted by Crippen LogP contribution is 2.39. The summed E-state index contributed by atoms with van der Waals surface area (Å²) in [6.07, 6.45) is 0.857. The molecule has 90 valence electrons. The Balaban J connectivity index is 2.56. The standard InChI is InChI=1S/C15H18O2/c1-10(2)9-15(3)12-7-5-4-6-11(12)13(16)8-14(15)17/h4-7,10H,8-9H2,1-3H3. The van der Waals surface area contributed by atoms with E-state index >= 15 is 0 Å². The first-order chi connectivity index (χ1) is 7.95. The Morgan fingerprint density at radius 1 is 1.24 bits per heavy atom. The Labute approximate surface area is 102 Å². The molecule has 1 atom stereocenters. The molecule has 0 amide bonds. The number of hydrogen-bond donors (Lipinski definition) is 0. The van der Waals surface area contributed by atoms with Gasteiger partial charge in [0, 0.05) is 5.56 Å². The Hall–Kier alpha value is -1.44. The van der Waals surface area contributed by atoms with E-state index in [0.717, 1.165) is 17.5 Å². The first-order valence-corrected chi connectivity index (χ1v) is 6.11. The van der Waals surface area contributed by atoms with E-state index in [4.69, 9.17) is 0 Å². The van der Waals surface area contributed by atoms with Crippen LogP contribution in [0.5, 0.6) is 0 Å². The normalized spacial score (nSPS) is 24.0. The number of fused-ring (bicyclic) bond motifs is 1. The molecule has 0 N–H and O–H groups in total. The molecule has 1 aliphatic rings. The highest BCUT2D eigenvalue weighted by atomic mass is 16.2. The largest absolute Gasteiger partial charge is 0.298 e. The van der Waals surface area contributed by atoms with Crippen molar-refractivity contribution in [1.29, 1.82) is 0 Å². The van der Waals surface area contributed by atoms with Gasteiger partial charge in [0.05, 0.1) is 11.8 Å². The van der Waals surface area contributed by atoms with E-state index in [9.17, 15) is 9.59 Å². The lowest BCUT2D eigenvalue weighted by atomic mass is 9.66. The van der Waals surface area contributed by atoms with Crippen molar-refractivity contribution in [2.75, 3.05) is 0 Å². The molecule has 0 fully saturated rings. The average molecular weight is 230 g/mol. The molecule has 0 aromatic heterocycles. The van der Waals surface area contributed by atoms with Gasteiger partial charge in [-0.15, -0.1) is 0 Å². The molecule has 1 aliphatic carbocycles. The first-order valence-electron chi connectivity index (χ1n) is 6.11. The van der Waals surface area contributed by atoms with E-state index in [1.807, 2.05) is 31.2 Å². The minimum atomic E-state index is -0.487. The summed E-state index contributed by atoms with van der Waals surface area (Å²) in [6.45, 7) is 6.19. The Morgan fingerprint density at radius 2 is 1.88 bits per heavy atom. The zero-order valence-corrected chi connectivity index (χ0v) is 10.6. The summed E-state index contributed by atoms with van der Waals surface area (Å²) >= 11 is 0. The van der Waals surface area contributed by atoms with E-state index in [2.05, 4.69) is 13.8 Å². The van der Waals surface area contributed by atoms with Gasteiger partial charge >= 0.3 is 0 Å². The van der Waals surface area contributed by atoms with Gasteiger partial charge in [-0.2, -0.15) is 0 Å². The van der Waals surface area contributed by atoms with E-state index in [0.29, 0.717) is 5.92 Å². The van der Waals surface area contributed by atoms with Crippen molar-refractivity contribution in [3.05, 3.63) is 35.4 Å². The lowest BCUT2D eigenvalue weighted by molar-refractivity contribution is -0.124. The van der Waals surface area contributed by atoms with Gasteiger partial charge < -0.3 is 0 Å². The molecule has 0 bridgehead atoms. The van der Waals surface area contributed by atoms with Crippen LogP contribution in [0.2, 0.25) is 0 Å². The zero-order valence-electron chi connectivity index (χ0n) is 10.6. The van der Waals surface area contributed by atoms with Crippen LogP contribution in [0.1, 0.15) is 49.5 Å². The topological polar surface area (TPSA) is 34.1 Å². The lowest BCUT2D eigenvalue weighted by Crippen LogP contribution is -2.40. The number of rotatable bonds is 2. The molecule has 0 heterocycles. The third kappa shape index (κ3) is 1.92. The number of Topliss-reactive ketones (excluding diaryl/α,β-unsaturated/α-hetero) is 2. The maximum atomic E-state index is 12.2. The maximum Gasteiger partial charge on any atom is 0.170 e. The molecule has 0 aliphatic heterocycles. The van der Waals surface area contributed by atoms with Crippen LogP contribution in [-0.2, 0) is 10.2 Å². The minimum absolute atomic E-state index is 0.0353. The second-order valence-corrected chi connectivity index (χ2v) is 5.50. The van der Waals surface area contributed by atoms with Crippen LogP contribution < -0.4 is 0 Å². The smallest absolute Gasteiger partial charge is 0.170 e. The summed E-state index contributed by atoms with van der Waals surface area (Å²) in [4.78, 5) is 24.1. The van der Waals surface area contributed by atoms with Crippen molar-refractivity contribution < 1.29 is 9.59 Å². The van der Waals surface area contributed by atoms with Crippen LogP contribution in [-0.4, -0.2) is 11.6 Å². The fourth-order valence-electron chi connectivity index (χ4n) is 2.83. The first kappa shape index (κ1) is 12.0. The Bertz CT molecular complexity index is 474. The molecule has 1 unspecified atom stereocenters. The second kappa shape index (κ2) is 4.10. The van der Waals surface area contributed by atoms with Gasteiger partial charge in [0.2, 0.25) is 0 Å². The number of ketones is 2. The van der Waals surface area contributed by atoms with Crippen molar-refractivity contribution in [2.24, 2.45) is 5.92 Å². The fourth-order valence-corrected chi connectivity index (χ4v) is 2.83. The van der Waals surface area contributed by atoms with E-state index < -0.39 is 5.41 Å². The Kier molecular flexibility index (Phi) is 2.90. The van der Waals surface area contributed by atoms with Crippen LogP contribution >= 0.6 is 0 Å². The summed E-state index contributed by atoms with van der Waals surface area (Å²) in [5.74, 6) is 0.465. The summed E-state index contributed by atoms with van der Waals surface area (Å²) in [5, 5.41) is 0. The molecule has 0 saturated carbocycles. The molecule has 1 aromatic rings. The van der Waals surface area contributed by atoms with Gasteiger partial charge in [0.1, 0.15) is 0 Å². The molecule has 2 heteroatoms. The van der Waals surface area contributed by atoms with Gasteiger partial charge in [0.15, 0.2) is 11.6 Å². The number of benzene rings is 1. The summed E-state index contributed by atoms with van der Waals surface area (Å²) in [7, 11) is 0. The predicted molar refractivity (Wildman–Crippen MR) is 67.2 cm³/mol. The number of carbonyl (C=O) groups excluding carboxylic acids is 2. The monoisotopic (exact) mass is 230 g/mol. The molecule has 2 rings (SSSR count). The summed E-state index contributed by atoms with van der Waals surface area (Å²) in [5.41, 5.74) is 1.16. The van der Waals surface area contributed by atoms with E-state index in [-0.39, 0.29) is 18.0 Å². The van der Waals surface area contributed by atoms with Crippen LogP contribution in [0.3, 0.4) is 0 Å². The summed E-state index contributed by atoms with van der Waals surface area (Å²) < 4.78 is 0. The molecule has 2 nitrogen and oxygen atoms in total. The molecular weight excluding hydrogens is 212 g/mol. The van der Waals surface area contributed by atoms with Gasteiger partial charge in [-0.3, -0.25) is 9.59 Å². The summed E-state index contributed by atoms with van der Waals surface area (Å²) in [6, 6.07) is 7.53. The van der Waals surface area contributed by atoms with Gasteiger partial charge in [0.25, 0.3) is 0 Å². The minimum Gasteiger partial charge on any atom is -0.298 e. The molecule has 17 heavy (non-hydrogen) atoms. The second-order valence-electron chi connectivity index (χ2n) is 5.50. The van der Waals surface area contributed by atoms with Crippen molar-refractivity contribution in [3.63, 3.8) is 0 Å². The quantitative estimate of drug-likeness (QED) is 0.731. The van der Waals surface area contributed by atoms with Crippen molar-refractivity contribution in [3.8, 4) is 0 Å². The highest BCUT2D eigenvalue weighted by Gasteiger charge is 2.42. The third-order valence-corrected chi connectivity index (χ3v) is 3.57. The third-order valence-electron chi connectivity index (χ3n) is 3.57. The van der Waals surface area contributed by atoms with Gasteiger partial charge in [-0.25, -0.2) is 0 Å². The van der Waals surface area contributed by atoms with Crippen LogP contribution in [0.25, 0.3) is 0 Å². The molecule has 0 spiro atoms. The SMILES string of the molecule is CC(C)CC1(C)C(=O)CC(=O)c2ccccc21. The molecule has 1 aromatic carbocycles. The zero-order chi connectivity index (χ0) is 12.6. The predicted octanol–water partition coefficient (Wildman–Crippen LogP) is 3.15. The van der Waals surface area contributed by atoms with Crippen molar-refractivity contribution in [1.82, 2.24) is 0 Å². The van der Waals surface area contributed by atoms with Crippen LogP contribution in [0.15, 0.2) is 24.3 Å². The van der Waals surface area contributed by atoms with Crippen LogP contribution in [0.4, 0.5) is 0 Å². The lowest BCUT2D eigenvalue weighted by Gasteiger charge is -2.35. The van der Waals surface area contributed by atoms with Crippen molar-refractivity contribution in [2.45, 2.75) is 39.0 Å². The van der Waals surface area contributed by atoms with Crippen molar-refractivity contribution >= 4 is 11.6 Å². The van der Waals surface area contributed by atoms with Gasteiger partial charge in [-0.05, 0) is 24.8 Å². The number of hydrogen-bond acceptors (Lipinski definition) is 2. The van der Waals surface area contributed by atoms with Gasteiger partial charge in [-0.1, -0.05) is 38.1 Å². The molecule has 0 saturated heterocycles. The fraction of sp³-hybridized carbons (Fsp3) is 0.467. The number of carbonyl (C=O) groups is 2. The highest BCUT2D eigenvalue weighted by molar-refractivity contribution is 6.15. The molecular formula is C15H18O2.